The molecule has 2 atom stereocenters. The number of anilines is 1. The van der Waals surface area contributed by atoms with Crippen LogP contribution >= 0.6 is 0 Å². The van der Waals surface area contributed by atoms with E-state index in [9.17, 15) is 14.4 Å². The number of amides is 3. The van der Waals surface area contributed by atoms with Gasteiger partial charge in [-0.3, -0.25) is 14.4 Å². The van der Waals surface area contributed by atoms with Crippen molar-refractivity contribution in [2.45, 2.75) is 71.0 Å². The highest BCUT2D eigenvalue weighted by molar-refractivity contribution is 5.97. The van der Waals surface area contributed by atoms with Crippen molar-refractivity contribution in [3.05, 3.63) is 48.4 Å². The summed E-state index contributed by atoms with van der Waals surface area (Å²) in [5.74, 6) is 0.174. The number of aromatic nitrogens is 2. The molecule has 0 saturated carbocycles. The summed E-state index contributed by atoms with van der Waals surface area (Å²) >= 11 is 0. The average molecular weight is 483 g/mol. The van der Waals surface area contributed by atoms with E-state index < -0.39 is 23.5 Å². The predicted molar refractivity (Wildman–Crippen MR) is 136 cm³/mol. The second-order valence-corrected chi connectivity index (χ2v) is 10.1. The fraction of sp³-hybridized carbons (Fsp3) is 0.538. The number of piperidine rings is 1. The number of benzene rings is 1. The van der Waals surface area contributed by atoms with Gasteiger partial charge in [-0.25, -0.2) is 4.98 Å². The topological polar surface area (TPSA) is 122 Å². The van der Waals surface area contributed by atoms with Gasteiger partial charge in [0.05, 0.1) is 11.9 Å². The van der Waals surface area contributed by atoms with Crippen LogP contribution in [0.15, 0.2) is 42.9 Å². The first-order valence-electron chi connectivity index (χ1n) is 12.4. The Hall–Kier alpha value is -3.20. The second-order valence-electron chi connectivity index (χ2n) is 10.1. The lowest BCUT2D eigenvalue weighted by atomic mass is 9.97. The molecule has 0 radical (unpaired) electrons. The molecule has 3 amide bonds. The molecule has 9 nitrogen and oxygen atoms in total. The molecule has 1 aromatic heterocycles. The minimum absolute atomic E-state index is 0.0136. The summed E-state index contributed by atoms with van der Waals surface area (Å²) in [6.07, 6.45) is 6.38. The van der Waals surface area contributed by atoms with Crippen LogP contribution < -0.4 is 16.4 Å². The van der Waals surface area contributed by atoms with E-state index in [1.165, 1.54) is 0 Å². The zero-order valence-corrected chi connectivity index (χ0v) is 21.2. The maximum atomic E-state index is 13.6. The molecule has 190 valence electrons. The Morgan fingerprint density at radius 1 is 1.17 bits per heavy atom. The molecule has 1 aliphatic rings. The van der Waals surface area contributed by atoms with Gasteiger partial charge in [0, 0.05) is 19.3 Å². The molecule has 4 N–H and O–H groups in total. The third-order valence-corrected chi connectivity index (χ3v) is 6.38. The first-order chi connectivity index (χ1) is 16.6. The largest absolute Gasteiger partial charge is 0.343 e. The fourth-order valence-corrected chi connectivity index (χ4v) is 4.14. The van der Waals surface area contributed by atoms with Crippen molar-refractivity contribution in [1.82, 2.24) is 19.8 Å². The van der Waals surface area contributed by atoms with E-state index in [0.717, 1.165) is 31.5 Å². The molecule has 1 aliphatic heterocycles. The quantitative estimate of drug-likeness (QED) is 0.507. The molecule has 1 saturated heterocycles. The molecule has 1 fully saturated rings. The van der Waals surface area contributed by atoms with E-state index in [4.69, 9.17) is 5.73 Å². The van der Waals surface area contributed by atoms with Crippen molar-refractivity contribution in [3.8, 4) is 0 Å². The summed E-state index contributed by atoms with van der Waals surface area (Å²) in [5.41, 5.74) is 5.63. The molecular weight excluding hydrogens is 444 g/mol. The summed E-state index contributed by atoms with van der Waals surface area (Å²) in [5, 5.41) is 5.51. The summed E-state index contributed by atoms with van der Waals surface area (Å²) in [6, 6.07) is 8.27. The maximum absolute atomic E-state index is 13.6. The Balaban J connectivity index is 1.79. The van der Waals surface area contributed by atoms with Crippen LogP contribution in [0.1, 0.15) is 65.0 Å². The van der Waals surface area contributed by atoms with Crippen LogP contribution in [0.4, 0.5) is 5.82 Å². The molecule has 9 heteroatoms. The number of hydrogen-bond donors (Lipinski definition) is 3. The lowest BCUT2D eigenvalue weighted by Crippen LogP contribution is -2.54. The molecule has 1 aromatic carbocycles. The number of nitrogens with one attached hydrogen (secondary N) is 2. The van der Waals surface area contributed by atoms with Crippen LogP contribution in [0.3, 0.4) is 0 Å². The van der Waals surface area contributed by atoms with Crippen molar-refractivity contribution >= 4 is 23.5 Å². The number of carbonyl (C=O) groups is 3. The molecule has 0 unspecified atom stereocenters. The third-order valence-electron chi connectivity index (χ3n) is 6.38. The highest BCUT2D eigenvalue weighted by Crippen LogP contribution is 2.25. The Morgan fingerprint density at radius 3 is 2.43 bits per heavy atom. The Bertz CT molecular complexity index is 1010. The van der Waals surface area contributed by atoms with Crippen LogP contribution in [-0.4, -0.2) is 56.8 Å². The van der Waals surface area contributed by atoms with Crippen molar-refractivity contribution < 1.29 is 14.4 Å². The van der Waals surface area contributed by atoms with E-state index in [-0.39, 0.29) is 11.8 Å². The van der Waals surface area contributed by atoms with Crippen LogP contribution in [0.2, 0.25) is 0 Å². The molecule has 0 spiro atoms. The lowest BCUT2D eigenvalue weighted by molar-refractivity contribution is -0.135. The number of likely N-dealkylation sites (tertiary alicyclic amines) is 1. The molecule has 0 bridgehead atoms. The number of hydrogen-bond acceptors (Lipinski definition) is 5. The van der Waals surface area contributed by atoms with Crippen molar-refractivity contribution in [2.24, 2.45) is 11.7 Å². The van der Waals surface area contributed by atoms with Gasteiger partial charge in [0.1, 0.15) is 12.1 Å². The average Bonchev–Trinajstić information content (AvgIpc) is 3.27. The van der Waals surface area contributed by atoms with Gasteiger partial charge < -0.3 is 25.8 Å². The zero-order chi connectivity index (χ0) is 25.6. The van der Waals surface area contributed by atoms with Gasteiger partial charge >= 0.3 is 0 Å². The van der Waals surface area contributed by atoms with Crippen LogP contribution in [0, 0.1) is 5.92 Å². The summed E-state index contributed by atoms with van der Waals surface area (Å²) in [4.78, 5) is 45.1. The van der Waals surface area contributed by atoms with Crippen molar-refractivity contribution in [3.63, 3.8) is 0 Å². The molecule has 35 heavy (non-hydrogen) atoms. The van der Waals surface area contributed by atoms with Gasteiger partial charge in [-0.15, -0.1) is 0 Å². The molecule has 2 heterocycles. The fourth-order valence-electron chi connectivity index (χ4n) is 4.14. The van der Waals surface area contributed by atoms with Gasteiger partial charge in [0.25, 0.3) is 0 Å². The second kappa shape index (κ2) is 11.5. The number of carbonyl (C=O) groups excluding carboxylic acids is 3. The van der Waals surface area contributed by atoms with Crippen molar-refractivity contribution in [2.75, 3.05) is 18.4 Å². The van der Waals surface area contributed by atoms with Crippen LogP contribution in [-0.2, 0) is 14.4 Å². The highest BCUT2D eigenvalue weighted by Gasteiger charge is 2.31. The molecule has 2 aromatic rings. The zero-order valence-electron chi connectivity index (χ0n) is 21.2. The standard InChI is InChI=1S/C26H38N6O3/c1-5-9-20(29-25(35)26(3,4)27)23(33)30-21-16-32(17-28-21)22(19-10-7-6-8-11-19)24(34)31-14-12-18(2)13-15-31/h6-8,10-11,16-18,20,22H,5,9,12-15,27H2,1-4H3,(H,29,35)(H,30,33)/t20-,22-/m1/s1. The van der Waals surface area contributed by atoms with E-state index in [1.807, 2.05) is 42.2 Å². The lowest BCUT2D eigenvalue weighted by Gasteiger charge is -2.33. The molecule has 0 aliphatic carbocycles. The number of imidazole rings is 1. The van der Waals surface area contributed by atoms with Crippen molar-refractivity contribution in [1.29, 1.82) is 0 Å². The monoisotopic (exact) mass is 482 g/mol. The maximum Gasteiger partial charge on any atom is 0.250 e. The summed E-state index contributed by atoms with van der Waals surface area (Å²) in [7, 11) is 0. The minimum atomic E-state index is -1.09. The third kappa shape index (κ3) is 6.91. The first kappa shape index (κ1) is 26.4. The van der Waals surface area contributed by atoms with E-state index in [0.29, 0.717) is 24.6 Å². The van der Waals surface area contributed by atoms with E-state index >= 15 is 0 Å². The minimum Gasteiger partial charge on any atom is -0.343 e. The number of nitrogens with zero attached hydrogens (tertiary/aromatic N) is 3. The molecular formula is C26H38N6O3. The molecule has 3 rings (SSSR count). The van der Waals surface area contributed by atoms with Gasteiger partial charge in [0.2, 0.25) is 17.7 Å². The van der Waals surface area contributed by atoms with E-state index in [1.54, 1.807) is 30.9 Å². The Morgan fingerprint density at radius 2 is 1.83 bits per heavy atom. The van der Waals surface area contributed by atoms with Gasteiger partial charge in [-0.1, -0.05) is 50.6 Å². The summed E-state index contributed by atoms with van der Waals surface area (Å²) < 4.78 is 1.74. The van der Waals surface area contributed by atoms with Crippen LogP contribution in [0.5, 0.6) is 0 Å². The van der Waals surface area contributed by atoms with Crippen LogP contribution in [0.25, 0.3) is 0 Å². The number of nitrogens with two attached hydrogens (primary N) is 1. The Kier molecular flexibility index (Phi) is 8.67. The Labute approximate surface area is 207 Å². The SMILES string of the molecule is CCC[C@@H](NC(=O)C(C)(C)N)C(=O)Nc1cn([C@@H](C(=O)N2CCC(C)CC2)c2ccccc2)cn1. The predicted octanol–water partition coefficient (Wildman–Crippen LogP) is 2.69. The van der Waals surface area contributed by atoms with Gasteiger partial charge in [0.15, 0.2) is 5.82 Å². The van der Waals surface area contributed by atoms with E-state index in [2.05, 4.69) is 22.5 Å². The number of rotatable bonds is 9. The van der Waals surface area contributed by atoms with Gasteiger partial charge in [-0.05, 0) is 44.6 Å². The first-order valence-corrected chi connectivity index (χ1v) is 12.4. The highest BCUT2D eigenvalue weighted by atomic mass is 16.2. The smallest absolute Gasteiger partial charge is 0.250 e. The normalized spacial score (nSPS) is 16.4. The van der Waals surface area contributed by atoms with Gasteiger partial charge in [-0.2, -0.15) is 0 Å². The summed E-state index contributed by atoms with van der Waals surface area (Å²) in [6.45, 7) is 8.80.